The van der Waals surface area contributed by atoms with Crippen molar-refractivity contribution in [1.29, 1.82) is 0 Å². The molecule has 1 amide bonds. The molecule has 29 heavy (non-hydrogen) atoms. The molecule has 0 fully saturated rings. The lowest BCUT2D eigenvalue weighted by Crippen LogP contribution is -2.29. The standard InChI is InChI=1S/C22H23NO6/c1-14-18(28-13-19(24)23-12-6-2-3-9-20(25)26)11-10-16-15-7-4-5-8-17(15)22(27)29-21(14)16/h4-5,7-8,10-11H,2-3,6,9,12-13H2,1H3,(H,23,24)(H,25,26)/p-1. The van der Waals surface area contributed by atoms with Crippen LogP contribution >= 0.6 is 0 Å². The van der Waals surface area contributed by atoms with Crippen LogP contribution in [0.4, 0.5) is 0 Å². The first kappa shape index (κ1) is 20.4. The third kappa shape index (κ3) is 4.93. The van der Waals surface area contributed by atoms with Gasteiger partial charge in [-0.25, -0.2) is 4.79 Å². The van der Waals surface area contributed by atoms with E-state index in [1.54, 1.807) is 25.1 Å². The van der Waals surface area contributed by atoms with Crippen LogP contribution in [-0.4, -0.2) is 25.0 Å². The third-order valence-corrected chi connectivity index (χ3v) is 4.73. The Morgan fingerprint density at radius 3 is 2.55 bits per heavy atom. The first-order valence-corrected chi connectivity index (χ1v) is 9.52. The Morgan fingerprint density at radius 2 is 1.79 bits per heavy atom. The molecule has 7 heteroatoms. The van der Waals surface area contributed by atoms with Crippen molar-refractivity contribution in [2.24, 2.45) is 0 Å². The molecule has 152 valence electrons. The number of rotatable bonds is 9. The number of aliphatic carboxylic acids is 1. The molecule has 1 aromatic heterocycles. The fourth-order valence-corrected chi connectivity index (χ4v) is 3.21. The highest BCUT2D eigenvalue weighted by atomic mass is 16.5. The molecule has 0 radical (unpaired) electrons. The second-order valence-electron chi connectivity index (χ2n) is 6.82. The van der Waals surface area contributed by atoms with E-state index in [9.17, 15) is 19.5 Å². The summed E-state index contributed by atoms with van der Waals surface area (Å²) in [5.74, 6) is -0.860. The van der Waals surface area contributed by atoms with Crippen LogP contribution in [0.5, 0.6) is 5.75 Å². The van der Waals surface area contributed by atoms with Gasteiger partial charge < -0.3 is 24.4 Å². The van der Waals surface area contributed by atoms with Gasteiger partial charge in [0.05, 0.1) is 5.39 Å². The van der Waals surface area contributed by atoms with Crippen LogP contribution in [-0.2, 0) is 9.59 Å². The summed E-state index contributed by atoms with van der Waals surface area (Å²) >= 11 is 0. The van der Waals surface area contributed by atoms with Crippen molar-refractivity contribution in [2.75, 3.05) is 13.2 Å². The lowest BCUT2D eigenvalue weighted by molar-refractivity contribution is -0.305. The molecular formula is C22H22NO6-. The molecule has 0 unspecified atom stereocenters. The monoisotopic (exact) mass is 396 g/mol. The molecule has 7 nitrogen and oxygen atoms in total. The van der Waals surface area contributed by atoms with Crippen molar-refractivity contribution >= 4 is 33.6 Å². The second-order valence-corrected chi connectivity index (χ2v) is 6.82. The molecule has 0 aliphatic carbocycles. The average Bonchev–Trinajstić information content (AvgIpc) is 2.70. The van der Waals surface area contributed by atoms with Gasteiger partial charge in [0.15, 0.2) is 6.61 Å². The van der Waals surface area contributed by atoms with Crippen LogP contribution in [0, 0.1) is 6.92 Å². The summed E-state index contributed by atoms with van der Waals surface area (Å²) in [6.45, 7) is 2.07. The number of fused-ring (bicyclic) bond motifs is 3. The number of benzene rings is 2. The number of hydrogen-bond acceptors (Lipinski definition) is 6. The van der Waals surface area contributed by atoms with Gasteiger partial charge in [0.25, 0.3) is 5.91 Å². The van der Waals surface area contributed by atoms with Crippen molar-refractivity contribution in [3.63, 3.8) is 0 Å². The summed E-state index contributed by atoms with van der Waals surface area (Å²) in [5.41, 5.74) is 0.685. The average molecular weight is 396 g/mol. The van der Waals surface area contributed by atoms with Gasteiger partial charge in [-0.3, -0.25) is 4.79 Å². The van der Waals surface area contributed by atoms with E-state index < -0.39 is 11.6 Å². The quantitative estimate of drug-likeness (QED) is 0.337. The lowest BCUT2D eigenvalue weighted by atomic mass is 10.0. The normalized spacial score (nSPS) is 10.9. The summed E-state index contributed by atoms with van der Waals surface area (Å²) in [7, 11) is 0. The molecule has 1 heterocycles. The molecule has 0 aliphatic heterocycles. The Morgan fingerprint density at radius 1 is 1.03 bits per heavy atom. The Hall–Kier alpha value is -3.35. The first-order chi connectivity index (χ1) is 14.0. The lowest BCUT2D eigenvalue weighted by Gasteiger charge is -2.12. The third-order valence-electron chi connectivity index (χ3n) is 4.73. The van der Waals surface area contributed by atoms with E-state index in [1.807, 2.05) is 18.2 Å². The minimum absolute atomic E-state index is 0.0315. The summed E-state index contributed by atoms with van der Waals surface area (Å²) in [6.07, 6.45) is 1.95. The first-order valence-electron chi connectivity index (χ1n) is 9.52. The molecule has 0 bridgehead atoms. The Bertz CT molecular complexity index is 1100. The molecule has 0 aliphatic rings. The van der Waals surface area contributed by atoms with Gasteiger partial charge in [0.1, 0.15) is 11.3 Å². The number of carboxylic acids is 1. The number of carbonyl (C=O) groups is 2. The predicted octanol–water partition coefficient (Wildman–Crippen LogP) is 2.06. The van der Waals surface area contributed by atoms with E-state index in [2.05, 4.69) is 5.32 Å². The number of ether oxygens (including phenoxy) is 1. The van der Waals surface area contributed by atoms with Crippen molar-refractivity contribution in [1.82, 2.24) is 5.32 Å². The second kappa shape index (κ2) is 9.23. The molecular weight excluding hydrogens is 374 g/mol. The highest BCUT2D eigenvalue weighted by Gasteiger charge is 2.13. The summed E-state index contributed by atoms with van der Waals surface area (Å²) in [6, 6.07) is 10.8. The van der Waals surface area contributed by atoms with Crippen molar-refractivity contribution in [3.05, 3.63) is 52.4 Å². The van der Waals surface area contributed by atoms with E-state index in [1.165, 1.54) is 0 Å². The Labute approximate surface area is 167 Å². The van der Waals surface area contributed by atoms with Gasteiger partial charge in [-0.15, -0.1) is 0 Å². The molecule has 1 N–H and O–H groups in total. The molecule has 0 saturated carbocycles. The zero-order chi connectivity index (χ0) is 20.8. The zero-order valence-electron chi connectivity index (χ0n) is 16.2. The van der Waals surface area contributed by atoms with Gasteiger partial charge >= 0.3 is 5.63 Å². The van der Waals surface area contributed by atoms with Crippen LogP contribution in [0.15, 0.2) is 45.6 Å². The number of carbonyl (C=O) groups excluding carboxylic acids is 2. The number of carboxylic acid groups (broad SMARTS) is 1. The fourth-order valence-electron chi connectivity index (χ4n) is 3.21. The predicted molar refractivity (Wildman–Crippen MR) is 107 cm³/mol. The number of amides is 1. The number of aryl methyl sites for hydroxylation is 1. The Kier molecular flexibility index (Phi) is 6.49. The molecule has 0 saturated heterocycles. The highest BCUT2D eigenvalue weighted by molar-refractivity contribution is 6.05. The number of unbranched alkanes of at least 4 members (excludes halogenated alkanes) is 2. The number of nitrogens with one attached hydrogen (secondary N) is 1. The maximum Gasteiger partial charge on any atom is 0.344 e. The molecule has 0 atom stereocenters. The van der Waals surface area contributed by atoms with Gasteiger partial charge in [-0.05, 0) is 49.8 Å². The van der Waals surface area contributed by atoms with E-state index in [-0.39, 0.29) is 18.9 Å². The topological polar surface area (TPSA) is 109 Å². The van der Waals surface area contributed by atoms with Crippen molar-refractivity contribution in [3.8, 4) is 5.75 Å². The fraction of sp³-hybridized carbons (Fsp3) is 0.318. The molecule has 2 aromatic carbocycles. The van der Waals surface area contributed by atoms with E-state index in [0.717, 1.165) is 10.8 Å². The summed E-state index contributed by atoms with van der Waals surface area (Å²) in [4.78, 5) is 34.5. The van der Waals surface area contributed by atoms with Crippen LogP contribution < -0.4 is 20.8 Å². The summed E-state index contributed by atoms with van der Waals surface area (Å²) < 4.78 is 11.1. The largest absolute Gasteiger partial charge is 0.550 e. The Balaban J connectivity index is 1.61. The molecule has 3 rings (SSSR count). The van der Waals surface area contributed by atoms with Gasteiger partial charge in [0, 0.05) is 23.5 Å². The van der Waals surface area contributed by atoms with Crippen LogP contribution in [0.25, 0.3) is 21.7 Å². The SMILES string of the molecule is Cc1c(OCC(=O)NCCCCCC(=O)[O-])ccc2c1oc(=O)c1ccccc12. The highest BCUT2D eigenvalue weighted by Crippen LogP contribution is 2.30. The molecule has 3 aromatic rings. The van der Waals surface area contributed by atoms with Crippen LogP contribution in [0.1, 0.15) is 31.2 Å². The van der Waals surface area contributed by atoms with Crippen molar-refractivity contribution < 1.29 is 23.8 Å². The van der Waals surface area contributed by atoms with Crippen LogP contribution in [0.3, 0.4) is 0 Å². The maximum atomic E-state index is 12.2. The van der Waals surface area contributed by atoms with E-state index in [0.29, 0.717) is 48.1 Å². The van der Waals surface area contributed by atoms with Gasteiger partial charge in [-0.2, -0.15) is 0 Å². The van der Waals surface area contributed by atoms with Crippen LogP contribution in [0.2, 0.25) is 0 Å². The smallest absolute Gasteiger partial charge is 0.344 e. The molecule has 0 spiro atoms. The van der Waals surface area contributed by atoms with Crippen molar-refractivity contribution in [2.45, 2.75) is 32.6 Å². The minimum atomic E-state index is -1.06. The van der Waals surface area contributed by atoms with E-state index in [4.69, 9.17) is 9.15 Å². The van der Waals surface area contributed by atoms with Gasteiger partial charge in [-0.1, -0.05) is 24.6 Å². The van der Waals surface area contributed by atoms with Gasteiger partial charge in [0.2, 0.25) is 0 Å². The zero-order valence-corrected chi connectivity index (χ0v) is 16.2. The maximum absolute atomic E-state index is 12.2. The van der Waals surface area contributed by atoms with E-state index >= 15 is 0 Å². The summed E-state index contributed by atoms with van der Waals surface area (Å²) in [5, 5.41) is 15.2. The number of hydrogen-bond donors (Lipinski definition) is 1. The minimum Gasteiger partial charge on any atom is -0.550 e.